The van der Waals surface area contributed by atoms with Crippen molar-refractivity contribution >= 4 is 23.3 Å². The van der Waals surface area contributed by atoms with Gasteiger partial charge in [0, 0.05) is 29.5 Å². The highest BCUT2D eigenvalue weighted by atomic mass is 16.3. The van der Waals surface area contributed by atoms with Crippen LogP contribution in [0.2, 0.25) is 0 Å². The van der Waals surface area contributed by atoms with E-state index < -0.39 is 0 Å². The van der Waals surface area contributed by atoms with E-state index in [1.165, 1.54) is 6.21 Å². The zero-order valence-electron chi connectivity index (χ0n) is 17.1. The van der Waals surface area contributed by atoms with Crippen LogP contribution in [0.5, 0.6) is 5.75 Å². The summed E-state index contributed by atoms with van der Waals surface area (Å²) in [5.41, 5.74) is 5.79. The molecule has 3 N–H and O–H groups in total. The maximum atomic E-state index is 13.0. The number of hydrogen-bond acceptors (Lipinski definition) is 4. The molecule has 3 aromatic carbocycles. The zero-order valence-corrected chi connectivity index (χ0v) is 17.1. The van der Waals surface area contributed by atoms with Crippen LogP contribution in [0.1, 0.15) is 44.6 Å². The Morgan fingerprint density at radius 3 is 2.30 bits per heavy atom. The molecule has 0 saturated carbocycles. The topological polar surface area (TPSA) is 85.0 Å². The molecule has 0 aliphatic heterocycles. The van der Waals surface area contributed by atoms with Gasteiger partial charge in [-0.25, -0.2) is 0 Å². The Labute approximate surface area is 176 Å². The van der Waals surface area contributed by atoms with Gasteiger partial charge in [-0.05, 0) is 60.4 Å². The largest absolute Gasteiger partial charge is 0.508 e. The molecular formula is C26H24N2O2. The van der Waals surface area contributed by atoms with Crippen molar-refractivity contribution in [2.24, 2.45) is 0 Å². The molecule has 0 unspecified atom stereocenters. The van der Waals surface area contributed by atoms with Gasteiger partial charge in [0.15, 0.2) is 5.78 Å². The molecule has 0 aliphatic carbocycles. The molecule has 0 aliphatic rings. The van der Waals surface area contributed by atoms with E-state index in [9.17, 15) is 9.90 Å². The van der Waals surface area contributed by atoms with Gasteiger partial charge in [0.2, 0.25) is 0 Å². The summed E-state index contributed by atoms with van der Waals surface area (Å²) < 4.78 is 0. The summed E-state index contributed by atoms with van der Waals surface area (Å²) in [6.45, 7) is 3.93. The van der Waals surface area contributed by atoms with Crippen molar-refractivity contribution in [3.05, 3.63) is 106 Å². The van der Waals surface area contributed by atoms with E-state index in [0.717, 1.165) is 27.8 Å². The minimum absolute atomic E-state index is 0.0684. The molecule has 0 spiro atoms. The van der Waals surface area contributed by atoms with Gasteiger partial charge in [0.1, 0.15) is 5.75 Å². The van der Waals surface area contributed by atoms with Gasteiger partial charge in [-0.15, -0.1) is 0 Å². The molecule has 0 bridgehead atoms. The van der Waals surface area contributed by atoms with Crippen LogP contribution in [0.25, 0.3) is 5.57 Å². The van der Waals surface area contributed by atoms with E-state index in [-0.39, 0.29) is 23.7 Å². The van der Waals surface area contributed by atoms with Gasteiger partial charge < -0.3 is 15.9 Å². The van der Waals surface area contributed by atoms with Gasteiger partial charge in [-0.3, -0.25) is 4.79 Å². The van der Waals surface area contributed by atoms with Crippen LogP contribution in [0, 0.1) is 24.7 Å². The molecule has 0 heterocycles. The summed E-state index contributed by atoms with van der Waals surface area (Å²) >= 11 is 0. The van der Waals surface area contributed by atoms with Gasteiger partial charge in [-0.1, -0.05) is 54.1 Å². The van der Waals surface area contributed by atoms with Crippen LogP contribution >= 0.6 is 0 Å². The lowest BCUT2D eigenvalue weighted by atomic mass is 9.90. The van der Waals surface area contributed by atoms with Gasteiger partial charge in [0.05, 0.1) is 0 Å². The number of carbonyl (C=O) groups is 1. The van der Waals surface area contributed by atoms with Crippen molar-refractivity contribution in [1.29, 1.82) is 10.8 Å². The third-order valence-corrected chi connectivity index (χ3v) is 4.90. The van der Waals surface area contributed by atoms with Crippen LogP contribution in [-0.2, 0) is 0 Å². The number of benzene rings is 3. The molecule has 150 valence electrons. The Morgan fingerprint density at radius 2 is 1.63 bits per heavy atom. The molecule has 0 amide bonds. The third kappa shape index (κ3) is 4.78. The molecule has 0 atom stereocenters. The lowest BCUT2D eigenvalue weighted by Gasteiger charge is -2.14. The van der Waals surface area contributed by atoms with Crippen molar-refractivity contribution in [3.63, 3.8) is 0 Å². The first-order valence-electron chi connectivity index (χ1n) is 9.69. The fourth-order valence-electron chi connectivity index (χ4n) is 3.26. The second kappa shape index (κ2) is 9.14. The van der Waals surface area contributed by atoms with E-state index >= 15 is 0 Å². The van der Waals surface area contributed by atoms with Gasteiger partial charge in [0.25, 0.3) is 0 Å². The van der Waals surface area contributed by atoms with Crippen LogP contribution < -0.4 is 0 Å². The second-order valence-corrected chi connectivity index (χ2v) is 7.27. The minimum Gasteiger partial charge on any atom is -0.508 e. The first-order valence-corrected chi connectivity index (χ1v) is 9.69. The van der Waals surface area contributed by atoms with E-state index in [4.69, 9.17) is 10.8 Å². The van der Waals surface area contributed by atoms with E-state index in [2.05, 4.69) is 0 Å². The summed E-state index contributed by atoms with van der Waals surface area (Å²) in [4.78, 5) is 13.0. The number of carbonyl (C=O) groups excluding carboxylic acids is 1. The maximum absolute atomic E-state index is 13.0. The Morgan fingerprint density at radius 1 is 0.933 bits per heavy atom. The maximum Gasteiger partial charge on any atom is 0.193 e. The fourth-order valence-corrected chi connectivity index (χ4v) is 3.26. The standard InChI is InChI=1S/C26H24N2O2/c1-17-6-9-19(10-7-17)26(30)21-11-8-18(2)24(15-21)25(16-22(28)12-13-27)20-4-3-5-23(29)14-20/h3-11,13-16,27-29H,12H2,1-2H3/b25-16-,27-13?,28-22?. The quantitative estimate of drug-likeness (QED) is 0.352. The number of hydrogen-bond donors (Lipinski definition) is 3. The summed E-state index contributed by atoms with van der Waals surface area (Å²) in [6.07, 6.45) is 3.09. The average molecular weight is 396 g/mol. The molecular weight excluding hydrogens is 372 g/mol. The summed E-state index contributed by atoms with van der Waals surface area (Å²) in [5, 5.41) is 25.4. The van der Waals surface area contributed by atoms with E-state index in [0.29, 0.717) is 11.1 Å². The molecule has 4 heteroatoms. The molecule has 0 saturated heterocycles. The van der Waals surface area contributed by atoms with Crippen LogP contribution in [0.15, 0.2) is 72.8 Å². The highest BCUT2D eigenvalue weighted by Crippen LogP contribution is 2.30. The number of nitrogens with one attached hydrogen (secondary N) is 2. The third-order valence-electron chi connectivity index (χ3n) is 4.90. The van der Waals surface area contributed by atoms with Crippen LogP contribution in [0.4, 0.5) is 0 Å². The SMILES string of the molecule is Cc1ccc(C(=O)c2ccc(C)c(/C(=C\C(=N)CC=N)c3cccc(O)c3)c2)cc1. The van der Waals surface area contributed by atoms with Gasteiger partial charge >= 0.3 is 0 Å². The number of phenolic OH excluding ortho intramolecular Hbond substituents is 1. The molecule has 0 radical (unpaired) electrons. The van der Waals surface area contributed by atoms with Crippen molar-refractivity contribution in [3.8, 4) is 5.75 Å². The Balaban J connectivity index is 2.12. The highest BCUT2D eigenvalue weighted by Gasteiger charge is 2.15. The van der Waals surface area contributed by atoms with Crippen molar-refractivity contribution in [2.45, 2.75) is 20.3 Å². The Bertz CT molecular complexity index is 1140. The monoisotopic (exact) mass is 396 g/mol. The minimum atomic E-state index is -0.0684. The first-order chi connectivity index (χ1) is 14.4. The van der Waals surface area contributed by atoms with E-state index in [1.807, 2.05) is 62.4 Å². The van der Waals surface area contributed by atoms with Crippen molar-refractivity contribution in [1.82, 2.24) is 0 Å². The number of rotatable bonds is 7. The Kier molecular flexibility index (Phi) is 6.38. The summed E-state index contributed by atoms with van der Waals surface area (Å²) in [5.74, 6) is 0.0580. The molecule has 3 rings (SSSR count). The fraction of sp³-hybridized carbons (Fsp3) is 0.115. The first kappa shape index (κ1) is 20.9. The number of ketones is 1. The van der Waals surface area contributed by atoms with Crippen molar-refractivity contribution < 1.29 is 9.90 Å². The normalized spacial score (nSPS) is 11.2. The van der Waals surface area contributed by atoms with Gasteiger partial charge in [-0.2, -0.15) is 0 Å². The molecule has 0 aromatic heterocycles. The zero-order chi connectivity index (χ0) is 21.7. The summed E-state index contributed by atoms with van der Waals surface area (Å²) in [7, 11) is 0. The molecule has 0 fully saturated rings. The van der Waals surface area contributed by atoms with Crippen LogP contribution in [-0.4, -0.2) is 22.8 Å². The number of aryl methyl sites for hydroxylation is 2. The number of aromatic hydroxyl groups is 1. The van der Waals surface area contributed by atoms with E-state index in [1.54, 1.807) is 24.3 Å². The molecule has 3 aromatic rings. The lowest BCUT2D eigenvalue weighted by molar-refractivity contribution is 0.103. The smallest absolute Gasteiger partial charge is 0.193 e. The number of allylic oxidation sites excluding steroid dienone is 1. The highest BCUT2D eigenvalue weighted by molar-refractivity contribution is 6.11. The average Bonchev–Trinajstić information content (AvgIpc) is 2.73. The Hall–Kier alpha value is -3.79. The predicted molar refractivity (Wildman–Crippen MR) is 122 cm³/mol. The molecule has 30 heavy (non-hydrogen) atoms. The lowest BCUT2D eigenvalue weighted by Crippen LogP contribution is -2.04. The van der Waals surface area contributed by atoms with Crippen molar-refractivity contribution in [2.75, 3.05) is 0 Å². The second-order valence-electron chi connectivity index (χ2n) is 7.27. The molecule has 4 nitrogen and oxygen atoms in total. The number of phenols is 1. The predicted octanol–water partition coefficient (Wildman–Crippen LogP) is 5.73. The van der Waals surface area contributed by atoms with Crippen LogP contribution in [0.3, 0.4) is 0 Å². The summed E-state index contributed by atoms with van der Waals surface area (Å²) in [6, 6.07) is 19.9.